The summed E-state index contributed by atoms with van der Waals surface area (Å²) in [6, 6.07) is 10.0. The zero-order chi connectivity index (χ0) is 19.3. The van der Waals surface area contributed by atoms with Crippen LogP contribution in [-0.4, -0.2) is 36.9 Å². The first kappa shape index (κ1) is 20.5. The molecule has 2 rings (SSSR count). The van der Waals surface area contributed by atoms with Crippen molar-refractivity contribution >= 4 is 11.8 Å². The van der Waals surface area contributed by atoms with Crippen LogP contribution >= 0.6 is 0 Å². The molecule has 0 bridgehead atoms. The molecular formula is C22H34N2O2. The van der Waals surface area contributed by atoms with Gasteiger partial charge in [-0.25, -0.2) is 0 Å². The molecule has 26 heavy (non-hydrogen) atoms. The quantitative estimate of drug-likeness (QED) is 0.768. The zero-order valence-corrected chi connectivity index (χ0v) is 16.9. The van der Waals surface area contributed by atoms with Crippen LogP contribution in [0.3, 0.4) is 0 Å². The Bertz CT molecular complexity index is 604. The largest absolute Gasteiger partial charge is 0.354 e. The van der Waals surface area contributed by atoms with Gasteiger partial charge in [0.05, 0.1) is 5.92 Å². The maximum absolute atomic E-state index is 13.0. The molecule has 1 aliphatic rings. The first-order valence-electron chi connectivity index (χ1n) is 9.83. The van der Waals surface area contributed by atoms with E-state index in [0.29, 0.717) is 18.5 Å². The van der Waals surface area contributed by atoms with Gasteiger partial charge >= 0.3 is 0 Å². The molecular weight excluding hydrogens is 324 g/mol. The van der Waals surface area contributed by atoms with Gasteiger partial charge < -0.3 is 10.2 Å². The smallest absolute Gasteiger partial charge is 0.230 e. The summed E-state index contributed by atoms with van der Waals surface area (Å²) in [4.78, 5) is 26.9. The summed E-state index contributed by atoms with van der Waals surface area (Å²) in [5.74, 6) is 0.549. The van der Waals surface area contributed by atoms with Crippen LogP contribution in [0.15, 0.2) is 30.3 Å². The van der Waals surface area contributed by atoms with Crippen molar-refractivity contribution in [1.29, 1.82) is 0 Å². The van der Waals surface area contributed by atoms with E-state index in [1.165, 1.54) is 0 Å². The van der Waals surface area contributed by atoms with E-state index in [9.17, 15) is 9.59 Å². The molecule has 0 aromatic heterocycles. The van der Waals surface area contributed by atoms with Gasteiger partial charge in [0.15, 0.2) is 0 Å². The maximum Gasteiger partial charge on any atom is 0.230 e. The topological polar surface area (TPSA) is 49.4 Å². The highest BCUT2D eigenvalue weighted by Gasteiger charge is 2.40. The Morgan fingerprint density at radius 1 is 1.23 bits per heavy atom. The fraction of sp³-hybridized carbons (Fsp3) is 0.636. The zero-order valence-electron chi connectivity index (χ0n) is 16.9. The highest BCUT2D eigenvalue weighted by atomic mass is 16.2. The van der Waals surface area contributed by atoms with Gasteiger partial charge in [0.1, 0.15) is 0 Å². The first-order valence-corrected chi connectivity index (χ1v) is 9.83. The van der Waals surface area contributed by atoms with Crippen LogP contribution in [0, 0.1) is 17.3 Å². The van der Waals surface area contributed by atoms with E-state index in [0.717, 1.165) is 24.8 Å². The van der Waals surface area contributed by atoms with Gasteiger partial charge in [0, 0.05) is 26.1 Å². The maximum atomic E-state index is 13.0. The first-order chi connectivity index (χ1) is 12.2. The molecule has 2 unspecified atom stereocenters. The highest BCUT2D eigenvalue weighted by molar-refractivity contribution is 5.84. The summed E-state index contributed by atoms with van der Waals surface area (Å²) in [6.07, 6.45) is 2.86. The van der Waals surface area contributed by atoms with E-state index in [1.807, 2.05) is 37.4 Å². The second kappa shape index (κ2) is 8.70. The standard InChI is InChI=1S/C22H34N2O2/c1-6-16(2)19(17-10-8-7-9-11-17)21(26)24(5)13-12-23-20(25)18-14-22(3,4)15-18/h7-11,16,18-19H,6,12-15H2,1-5H3,(H,23,25). The Balaban J connectivity index is 1.87. The number of likely N-dealkylation sites (N-methyl/N-ethyl adjacent to an activating group) is 1. The Labute approximate surface area is 158 Å². The molecule has 4 nitrogen and oxygen atoms in total. The molecule has 1 aromatic carbocycles. The predicted octanol–water partition coefficient (Wildman–Crippen LogP) is 3.83. The van der Waals surface area contributed by atoms with Gasteiger partial charge in [0.2, 0.25) is 11.8 Å². The Kier molecular flexibility index (Phi) is 6.85. The lowest BCUT2D eigenvalue weighted by atomic mass is 9.64. The Morgan fingerprint density at radius 3 is 2.38 bits per heavy atom. The minimum atomic E-state index is -0.130. The van der Waals surface area contributed by atoms with Crippen molar-refractivity contribution in [1.82, 2.24) is 10.2 Å². The van der Waals surface area contributed by atoms with E-state index in [-0.39, 0.29) is 29.6 Å². The third-order valence-electron chi connectivity index (χ3n) is 5.73. The second-order valence-corrected chi connectivity index (χ2v) is 8.59. The lowest BCUT2D eigenvalue weighted by Gasteiger charge is -2.41. The van der Waals surface area contributed by atoms with E-state index >= 15 is 0 Å². The number of nitrogens with one attached hydrogen (secondary N) is 1. The van der Waals surface area contributed by atoms with Crippen LogP contribution in [0.5, 0.6) is 0 Å². The Hall–Kier alpha value is -1.84. The summed E-state index contributed by atoms with van der Waals surface area (Å²) >= 11 is 0. The van der Waals surface area contributed by atoms with Crippen molar-refractivity contribution in [3.8, 4) is 0 Å². The molecule has 1 saturated carbocycles. The number of amides is 2. The molecule has 2 amide bonds. The lowest BCUT2D eigenvalue weighted by molar-refractivity contribution is -0.134. The third-order valence-corrected chi connectivity index (χ3v) is 5.73. The molecule has 144 valence electrons. The summed E-state index contributed by atoms with van der Waals surface area (Å²) in [6.45, 7) is 9.70. The molecule has 4 heteroatoms. The number of carbonyl (C=O) groups excluding carboxylic acids is 2. The molecule has 1 fully saturated rings. The van der Waals surface area contributed by atoms with Gasteiger partial charge in [-0.1, -0.05) is 64.4 Å². The average molecular weight is 359 g/mol. The van der Waals surface area contributed by atoms with Crippen molar-refractivity contribution in [2.45, 2.75) is 52.9 Å². The van der Waals surface area contributed by atoms with Gasteiger partial charge in [-0.15, -0.1) is 0 Å². The monoisotopic (exact) mass is 358 g/mol. The van der Waals surface area contributed by atoms with E-state index in [1.54, 1.807) is 4.90 Å². The summed E-state index contributed by atoms with van der Waals surface area (Å²) < 4.78 is 0. The molecule has 0 saturated heterocycles. The van der Waals surface area contributed by atoms with Crippen LogP contribution < -0.4 is 5.32 Å². The van der Waals surface area contributed by atoms with Crippen LogP contribution in [-0.2, 0) is 9.59 Å². The summed E-state index contributed by atoms with van der Waals surface area (Å²) in [5.41, 5.74) is 1.37. The fourth-order valence-electron chi connectivity index (χ4n) is 3.91. The van der Waals surface area contributed by atoms with E-state index in [4.69, 9.17) is 0 Å². The van der Waals surface area contributed by atoms with E-state index < -0.39 is 0 Å². The molecule has 0 spiro atoms. The second-order valence-electron chi connectivity index (χ2n) is 8.59. The molecule has 0 aliphatic heterocycles. The van der Waals surface area contributed by atoms with Crippen LogP contribution in [0.4, 0.5) is 0 Å². The SMILES string of the molecule is CCC(C)C(C(=O)N(C)CCNC(=O)C1CC(C)(C)C1)c1ccccc1. The van der Waals surface area contributed by atoms with Crippen molar-refractivity contribution in [2.75, 3.05) is 20.1 Å². The fourth-order valence-corrected chi connectivity index (χ4v) is 3.91. The average Bonchev–Trinajstić information content (AvgIpc) is 2.60. The number of rotatable bonds is 8. The number of nitrogens with zero attached hydrogens (tertiary/aromatic N) is 1. The lowest BCUT2D eigenvalue weighted by Crippen LogP contribution is -2.45. The summed E-state index contributed by atoms with van der Waals surface area (Å²) in [5, 5.41) is 3.00. The minimum absolute atomic E-state index is 0.129. The molecule has 1 aliphatic carbocycles. The van der Waals surface area contributed by atoms with Crippen LogP contribution in [0.25, 0.3) is 0 Å². The van der Waals surface area contributed by atoms with Gasteiger partial charge in [-0.2, -0.15) is 0 Å². The summed E-state index contributed by atoms with van der Waals surface area (Å²) in [7, 11) is 1.83. The predicted molar refractivity (Wildman–Crippen MR) is 106 cm³/mol. The van der Waals surface area contributed by atoms with Crippen LogP contribution in [0.2, 0.25) is 0 Å². The normalized spacial score (nSPS) is 18.5. The molecule has 1 N–H and O–H groups in total. The Morgan fingerprint density at radius 2 is 1.85 bits per heavy atom. The minimum Gasteiger partial charge on any atom is -0.354 e. The van der Waals surface area contributed by atoms with Gasteiger partial charge in [-0.05, 0) is 29.7 Å². The van der Waals surface area contributed by atoms with Crippen LogP contribution in [0.1, 0.15) is 58.4 Å². The third kappa shape index (κ3) is 5.09. The molecule has 1 aromatic rings. The van der Waals surface area contributed by atoms with Crippen molar-refractivity contribution in [2.24, 2.45) is 17.3 Å². The van der Waals surface area contributed by atoms with E-state index in [2.05, 4.69) is 33.0 Å². The number of carbonyl (C=O) groups is 2. The molecule has 0 heterocycles. The van der Waals surface area contributed by atoms with Crippen molar-refractivity contribution in [3.63, 3.8) is 0 Å². The number of hydrogen-bond donors (Lipinski definition) is 1. The number of hydrogen-bond acceptors (Lipinski definition) is 2. The number of benzene rings is 1. The van der Waals surface area contributed by atoms with Gasteiger partial charge in [-0.3, -0.25) is 9.59 Å². The van der Waals surface area contributed by atoms with Crippen molar-refractivity contribution in [3.05, 3.63) is 35.9 Å². The van der Waals surface area contributed by atoms with Crippen molar-refractivity contribution < 1.29 is 9.59 Å². The molecule has 0 radical (unpaired) electrons. The molecule has 2 atom stereocenters. The highest BCUT2D eigenvalue weighted by Crippen LogP contribution is 2.44. The van der Waals surface area contributed by atoms with Gasteiger partial charge in [0.25, 0.3) is 0 Å².